The minimum absolute atomic E-state index is 0.199. The third-order valence-electron chi connectivity index (χ3n) is 7.58. The highest BCUT2D eigenvalue weighted by molar-refractivity contribution is 5.69. The van der Waals surface area contributed by atoms with E-state index in [9.17, 15) is 23.6 Å². The maximum atomic E-state index is 14.9. The molecule has 264 valence electrons. The predicted molar refractivity (Wildman–Crippen MR) is 173 cm³/mol. The summed E-state index contributed by atoms with van der Waals surface area (Å²) in [5.41, 5.74) is 1.31. The molecule has 1 fully saturated rings. The summed E-state index contributed by atoms with van der Waals surface area (Å²) in [7, 11) is 0. The molecule has 0 unspecified atom stereocenters. The topological polar surface area (TPSA) is 133 Å². The second-order valence-electron chi connectivity index (χ2n) is 11.7. The smallest absolute Gasteiger partial charge is 0.303 e. The molecule has 1 saturated heterocycles. The molecule has 12 heteroatoms. The summed E-state index contributed by atoms with van der Waals surface area (Å²) >= 11 is 0. The van der Waals surface area contributed by atoms with Gasteiger partial charge in [-0.1, -0.05) is 70.1 Å². The quantitative estimate of drug-likeness (QED) is 0.0978. The molecule has 1 aliphatic heterocycles. The monoisotopic (exact) mass is 674 g/mol. The first-order chi connectivity index (χ1) is 23.0. The fourth-order valence-electron chi connectivity index (χ4n) is 5.36. The summed E-state index contributed by atoms with van der Waals surface area (Å²) in [6, 6.07) is 11.4. The maximum Gasteiger partial charge on any atom is 0.303 e. The fourth-order valence-corrected chi connectivity index (χ4v) is 5.36. The van der Waals surface area contributed by atoms with E-state index in [0.717, 1.165) is 40.0 Å². The number of carbonyl (C=O) groups is 4. The number of halogens is 1. The number of hydrogen-bond donors (Lipinski definition) is 0. The lowest BCUT2D eigenvalue weighted by molar-refractivity contribution is -0.288. The van der Waals surface area contributed by atoms with Crippen LogP contribution in [0.25, 0.3) is 11.1 Å². The third kappa shape index (κ3) is 12.4. The summed E-state index contributed by atoms with van der Waals surface area (Å²) in [4.78, 5) is 47.6. The van der Waals surface area contributed by atoms with Crippen LogP contribution < -0.4 is 9.47 Å². The van der Waals surface area contributed by atoms with E-state index >= 15 is 0 Å². The normalized spacial score (nSPS) is 20.3. The molecule has 3 rings (SSSR count). The van der Waals surface area contributed by atoms with E-state index in [1.165, 1.54) is 45.1 Å². The molecule has 0 radical (unpaired) electrons. The van der Waals surface area contributed by atoms with Crippen molar-refractivity contribution in [1.29, 1.82) is 0 Å². The molecule has 5 atom stereocenters. The van der Waals surface area contributed by atoms with Gasteiger partial charge < -0.3 is 33.2 Å². The van der Waals surface area contributed by atoms with E-state index in [-0.39, 0.29) is 18.1 Å². The summed E-state index contributed by atoms with van der Waals surface area (Å²) in [5.74, 6) is -2.84. The Morgan fingerprint density at radius 3 is 1.83 bits per heavy atom. The van der Waals surface area contributed by atoms with Crippen LogP contribution in [0, 0.1) is 5.82 Å². The van der Waals surface area contributed by atoms with Crippen LogP contribution in [0.1, 0.15) is 86.0 Å². The van der Waals surface area contributed by atoms with Crippen LogP contribution in [-0.4, -0.2) is 67.8 Å². The van der Waals surface area contributed by atoms with Crippen molar-refractivity contribution in [2.24, 2.45) is 0 Å². The Morgan fingerprint density at radius 1 is 0.688 bits per heavy atom. The maximum absolute atomic E-state index is 14.9. The van der Waals surface area contributed by atoms with Crippen molar-refractivity contribution in [3.8, 4) is 22.6 Å². The van der Waals surface area contributed by atoms with E-state index in [1.807, 2.05) is 0 Å². The van der Waals surface area contributed by atoms with Gasteiger partial charge in [-0.25, -0.2) is 4.39 Å². The van der Waals surface area contributed by atoms with Crippen molar-refractivity contribution in [3.63, 3.8) is 0 Å². The number of esters is 4. The van der Waals surface area contributed by atoms with Gasteiger partial charge in [0.25, 0.3) is 0 Å². The van der Waals surface area contributed by atoms with E-state index in [4.69, 9.17) is 33.2 Å². The largest absolute Gasteiger partial charge is 0.491 e. The van der Waals surface area contributed by atoms with Crippen LogP contribution in [-0.2, 0) is 42.9 Å². The number of ether oxygens (including phenoxy) is 7. The first-order valence-corrected chi connectivity index (χ1v) is 16.5. The van der Waals surface area contributed by atoms with Crippen molar-refractivity contribution in [3.05, 3.63) is 48.3 Å². The van der Waals surface area contributed by atoms with Crippen molar-refractivity contribution in [1.82, 2.24) is 0 Å². The second-order valence-corrected chi connectivity index (χ2v) is 11.7. The van der Waals surface area contributed by atoms with E-state index in [0.29, 0.717) is 17.7 Å². The van der Waals surface area contributed by atoms with E-state index in [2.05, 4.69) is 6.92 Å². The Labute approximate surface area is 281 Å². The minimum Gasteiger partial charge on any atom is -0.491 e. The Morgan fingerprint density at radius 2 is 1.25 bits per heavy atom. The van der Waals surface area contributed by atoms with Crippen molar-refractivity contribution in [2.45, 2.75) is 117 Å². The molecule has 1 aliphatic rings. The molecule has 1 heterocycles. The van der Waals surface area contributed by atoms with Gasteiger partial charge in [-0.15, -0.1) is 0 Å². The molecule has 0 N–H and O–H groups in total. The third-order valence-corrected chi connectivity index (χ3v) is 7.58. The van der Waals surface area contributed by atoms with Crippen molar-refractivity contribution < 1.29 is 56.7 Å². The van der Waals surface area contributed by atoms with Crippen molar-refractivity contribution >= 4 is 23.9 Å². The first kappa shape index (κ1) is 38.3. The number of unbranched alkanes of at least 4 members (excludes halogenated alkanes) is 7. The zero-order valence-corrected chi connectivity index (χ0v) is 28.4. The molecule has 2 aromatic carbocycles. The SMILES string of the molecule is CCCCCCCCCCOc1ccc(-c2ccc(O[C@@H]3O[C@H](COC(C)=O)[C@@H](OC(C)=O)[C@H](OC(C)=O)[C@H]3OC(C)=O)cc2)cc1F. The van der Waals surface area contributed by atoms with Crippen LogP contribution in [0.5, 0.6) is 11.5 Å². The Bertz CT molecular complexity index is 1350. The summed E-state index contributed by atoms with van der Waals surface area (Å²) < 4.78 is 54.0. The molecule has 0 spiro atoms. The highest BCUT2D eigenvalue weighted by Gasteiger charge is 2.53. The van der Waals surface area contributed by atoms with Crippen LogP contribution in [0.15, 0.2) is 42.5 Å². The fraction of sp³-hybridized carbons (Fsp3) is 0.556. The predicted octanol–water partition coefficient (Wildman–Crippen LogP) is 6.47. The summed E-state index contributed by atoms with van der Waals surface area (Å²) in [6.07, 6.45) is 2.83. The van der Waals surface area contributed by atoms with Gasteiger partial charge in [-0.2, -0.15) is 0 Å². The Kier molecular flexibility index (Phi) is 15.6. The Balaban J connectivity index is 1.70. The molecule has 0 amide bonds. The molecular formula is C36H47FO11. The molecule has 0 bridgehead atoms. The van der Waals surface area contributed by atoms with Gasteiger partial charge >= 0.3 is 23.9 Å². The summed E-state index contributed by atoms with van der Waals surface area (Å²) in [6.45, 7) is 6.90. The molecule has 0 saturated carbocycles. The zero-order chi connectivity index (χ0) is 35.1. The van der Waals surface area contributed by atoms with Gasteiger partial charge in [0.15, 0.2) is 23.8 Å². The standard InChI is InChI=1S/C36H47FO11/c1-6-7-8-9-10-11-12-13-20-42-31-19-16-28(21-30(31)37)27-14-17-29(18-15-27)47-36-35(46-26(5)41)34(45-25(4)40)33(44-24(3)39)32(48-36)22-43-23(2)38/h14-19,21,32-36H,6-13,20,22H2,1-5H3/t32-,33-,34+,35-,36-/m1/s1. The first-order valence-electron chi connectivity index (χ1n) is 16.5. The molecule has 48 heavy (non-hydrogen) atoms. The van der Waals surface area contributed by atoms with Gasteiger partial charge in [-0.05, 0) is 41.8 Å². The van der Waals surface area contributed by atoms with Gasteiger partial charge in [0, 0.05) is 27.7 Å². The van der Waals surface area contributed by atoms with Crippen LogP contribution in [0.2, 0.25) is 0 Å². The molecule has 11 nitrogen and oxygen atoms in total. The average Bonchev–Trinajstić information content (AvgIpc) is 3.02. The molecule has 0 aromatic heterocycles. The highest BCUT2D eigenvalue weighted by atomic mass is 19.1. The number of benzene rings is 2. The highest BCUT2D eigenvalue weighted by Crippen LogP contribution is 2.32. The molecular weight excluding hydrogens is 627 g/mol. The van der Waals surface area contributed by atoms with Gasteiger partial charge in [0.05, 0.1) is 6.61 Å². The lowest BCUT2D eigenvalue weighted by Gasteiger charge is -2.43. The number of hydrogen-bond acceptors (Lipinski definition) is 11. The lowest BCUT2D eigenvalue weighted by atomic mass is 9.98. The number of carbonyl (C=O) groups excluding carboxylic acids is 4. The van der Waals surface area contributed by atoms with Gasteiger partial charge in [0.1, 0.15) is 18.5 Å². The van der Waals surface area contributed by atoms with Gasteiger partial charge in [-0.3, -0.25) is 19.2 Å². The average molecular weight is 675 g/mol. The lowest BCUT2D eigenvalue weighted by Crippen LogP contribution is -2.63. The summed E-state index contributed by atoms with van der Waals surface area (Å²) in [5, 5.41) is 0. The second kappa shape index (κ2) is 19.6. The number of rotatable bonds is 18. The van der Waals surface area contributed by atoms with Crippen LogP contribution >= 0.6 is 0 Å². The van der Waals surface area contributed by atoms with Crippen molar-refractivity contribution in [2.75, 3.05) is 13.2 Å². The van der Waals surface area contributed by atoms with E-state index in [1.54, 1.807) is 36.4 Å². The molecule has 0 aliphatic carbocycles. The van der Waals surface area contributed by atoms with Gasteiger partial charge in [0.2, 0.25) is 12.4 Å². The van der Waals surface area contributed by atoms with Crippen LogP contribution in [0.3, 0.4) is 0 Å². The van der Waals surface area contributed by atoms with Crippen LogP contribution in [0.4, 0.5) is 4.39 Å². The Hall–Kier alpha value is -4.19. The zero-order valence-electron chi connectivity index (χ0n) is 28.4. The van der Waals surface area contributed by atoms with E-state index < -0.39 is 60.4 Å². The molecule has 2 aromatic rings. The minimum atomic E-state index is -1.37.